The second-order valence-electron chi connectivity index (χ2n) is 8.02. The number of fused-ring (bicyclic) bond motifs is 1. The van der Waals surface area contributed by atoms with Crippen LogP contribution in [0.5, 0.6) is 0 Å². The Morgan fingerprint density at radius 3 is 2.52 bits per heavy atom. The van der Waals surface area contributed by atoms with Crippen LogP contribution in [0, 0.1) is 0 Å². The summed E-state index contributed by atoms with van der Waals surface area (Å²) in [6.07, 6.45) is 5.26. The molecule has 2 aliphatic heterocycles. The van der Waals surface area contributed by atoms with E-state index in [9.17, 15) is 9.59 Å². The van der Waals surface area contributed by atoms with Gasteiger partial charge in [0, 0.05) is 74.7 Å². The highest BCUT2D eigenvalue weighted by Gasteiger charge is 2.33. The number of hydrogen-bond acceptors (Lipinski definition) is 6. The zero-order chi connectivity index (χ0) is 21.2. The smallest absolute Gasteiger partial charge is 0.282 e. The normalized spacial score (nSPS) is 17.9. The zero-order valence-electron chi connectivity index (χ0n) is 17.2. The van der Waals surface area contributed by atoms with E-state index in [1.165, 1.54) is 11.3 Å². The van der Waals surface area contributed by atoms with E-state index in [0.29, 0.717) is 16.6 Å². The van der Waals surface area contributed by atoms with Gasteiger partial charge in [-0.3, -0.25) is 14.5 Å². The van der Waals surface area contributed by atoms with Gasteiger partial charge in [0.15, 0.2) is 10.8 Å². The lowest BCUT2D eigenvalue weighted by atomic mass is 10.0. The highest BCUT2D eigenvalue weighted by Crippen LogP contribution is 2.20. The van der Waals surface area contributed by atoms with Crippen LogP contribution in [0.2, 0.25) is 0 Å². The summed E-state index contributed by atoms with van der Waals surface area (Å²) in [5.74, 6) is 0.0727. The summed E-state index contributed by atoms with van der Waals surface area (Å²) >= 11 is 1.40. The molecule has 1 amide bonds. The lowest BCUT2D eigenvalue weighted by molar-refractivity contribution is 0.0247. The van der Waals surface area contributed by atoms with Crippen molar-refractivity contribution in [1.82, 2.24) is 19.7 Å². The molecule has 0 N–H and O–H groups in total. The molecule has 3 aromatic rings. The SMILES string of the molecule is O=C(C=CN1CC(N2CCN(C(=O)c3nccs3)CC2)C1)c1ccc2ccccc2c1. The van der Waals surface area contributed by atoms with Crippen LogP contribution in [-0.4, -0.2) is 76.7 Å². The maximum atomic E-state index is 12.5. The molecule has 0 atom stereocenters. The van der Waals surface area contributed by atoms with Gasteiger partial charge in [-0.05, 0) is 16.8 Å². The van der Waals surface area contributed by atoms with Crippen molar-refractivity contribution in [2.24, 2.45) is 0 Å². The van der Waals surface area contributed by atoms with Crippen molar-refractivity contribution in [2.75, 3.05) is 39.3 Å². The molecular formula is C24H24N4O2S. The summed E-state index contributed by atoms with van der Waals surface area (Å²) in [5.41, 5.74) is 0.716. The van der Waals surface area contributed by atoms with Crippen molar-refractivity contribution in [3.8, 4) is 0 Å². The van der Waals surface area contributed by atoms with Gasteiger partial charge in [0.2, 0.25) is 0 Å². The van der Waals surface area contributed by atoms with Crippen LogP contribution in [0.1, 0.15) is 20.2 Å². The molecule has 1 aromatic heterocycles. The molecule has 2 aliphatic rings. The summed E-state index contributed by atoms with van der Waals surface area (Å²) in [6, 6.07) is 14.4. The second kappa shape index (κ2) is 8.61. The largest absolute Gasteiger partial charge is 0.374 e. The first-order valence-electron chi connectivity index (χ1n) is 10.6. The molecule has 7 heteroatoms. The maximum Gasteiger partial charge on any atom is 0.282 e. The molecule has 0 aliphatic carbocycles. The van der Waals surface area contributed by atoms with E-state index in [1.807, 2.05) is 52.9 Å². The molecule has 0 radical (unpaired) electrons. The number of carbonyl (C=O) groups is 2. The Labute approximate surface area is 185 Å². The monoisotopic (exact) mass is 432 g/mol. The van der Waals surface area contributed by atoms with Gasteiger partial charge in [-0.2, -0.15) is 0 Å². The maximum absolute atomic E-state index is 12.5. The van der Waals surface area contributed by atoms with Crippen LogP contribution in [-0.2, 0) is 0 Å². The van der Waals surface area contributed by atoms with E-state index >= 15 is 0 Å². The Hall–Kier alpha value is -3.03. The second-order valence-corrected chi connectivity index (χ2v) is 8.91. The molecular weight excluding hydrogens is 408 g/mol. The minimum Gasteiger partial charge on any atom is -0.374 e. The van der Waals surface area contributed by atoms with E-state index in [-0.39, 0.29) is 11.7 Å². The Kier molecular flexibility index (Phi) is 5.53. The minimum absolute atomic E-state index is 0.0310. The summed E-state index contributed by atoms with van der Waals surface area (Å²) < 4.78 is 0. The van der Waals surface area contributed by atoms with Crippen molar-refractivity contribution >= 4 is 33.8 Å². The van der Waals surface area contributed by atoms with Crippen molar-refractivity contribution in [1.29, 1.82) is 0 Å². The highest BCUT2D eigenvalue weighted by molar-refractivity contribution is 7.11. The molecule has 0 unspecified atom stereocenters. The number of likely N-dealkylation sites (tertiary alicyclic amines) is 1. The van der Waals surface area contributed by atoms with E-state index in [1.54, 1.807) is 12.3 Å². The molecule has 2 fully saturated rings. The van der Waals surface area contributed by atoms with Gasteiger partial charge in [0.05, 0.1) is 0 Å². The number of rotatable bonds is 5. The minimum atomic E-state index is 0.0310. The lowest BCUT2D eigenvalue weighted by Gasteiger charge is -2.47. The third-order valence-electron chi connectivity index (χ3n) is 6.09. The fourth-order valence-corrected chi connectivity index (χ4v) is 4.81. The Bertz CT molecular complexity index is 1110. The van der Waals surface area contributed by atoms with Crippen LogP contribution in [0.3, 0.4) is 0 Å². The summed E-state index contributed by atoms with van der Waals surface area (Å²) in [6.45, 7) is 5.09. The predicted molar refractivity (Wildman–Crippen MR) is 122 cm³/mol. The number of thiazole rings is 1. The van der Waals surface area contributed by atoms with Gasteiger partial charge in [-0.25, -0.2) is 4.98 Å². The summed E-state index contributed by atoms with van der Waals surface area (Å²) in [4.78, 5) is 35.6. The van der Waals surface area contributed by atoms with Gasteiger partial charge < -0.3 is 9.80 Å². The zero-order valence-corrected chi connectivity index (χ0v) is 18.0. The third-order valence-corrected chi connectivity index (χ3v) is 6.86. The molecule has 2 saturated heterocycles. The van der Waals surface area contributed by atoms with E-state index < -0.39 is 0 Å². The van der Waals surface area contributed by atoms with Crippen LogP contribution >= 0.6 is 11.3 Å². The summed E-state index contributed by atoms with van der Waals surface area (Å²) in [7, 11) is 0. The highest BCUT2D eigenvalue weighted by atomic mass is 32.1. The molecule has 2 aromatic carbocycles. The Morgan fingerprint density at radius 1 is 1.00 bits per heavy atom. The lowest BCUT2D eigenvalue weighted by Crippen LogP contribution is -2.62. The number of carbonyl (C=O) groups excluding carboxylic acids is 2. The number of piperazine rings is 1. The van der Waals surface area contributed by atoms with Crippen molar-refractivity contribution in [2.45, 2.75) is 6.04 Å². The van der Waals surface area contributed by atoms with Crippen molar-refractivity contribution in [3.63, 3.8) is 0 Å². The fraction of sp³-hybridized carbons (Fsp3) is 0.292. The number of amides is 1. The standard InChI is InChI=1S/C24H24N4O2S/c29-22(20-6-5-18-3-1-2-4-19(18)15-20)7-9-26-16-21(17-26)27-10-12-28(13-11-27)24(30)23-25-8-14-31-23/h1-9,14-15,21H,10-13,16-17H2. The quantitative estimate of drug-likeness (QED) is 0.458. The Balaban J connectivity index is 1.10. The number of nitrogens with zero attached hydrogens (tertiary/aromatic N) is 4. The van der Waals surface area contributed by atoms with Gasteiger partial charge in [0.25, 0.3) is 5.91 Å². The summed E-state index contributed by atoms with van der Waals surface area (Å²) in [5, 5.41) is 4.63. The molecule has 6 nitrogen and oxygen atoms in total. The van der Waals surface area contributed by atoms with E-state index in [2.05, 4.69) is 20.9 Å². The molecule has 0 saturated carbocycles. The number of hydrogen-bond donors (Lipinski definition) is 0. The molecule has 158 valence electrons. The fourth-order valence-electron chi connectivity index (χ4n) is 4.21. The number of benzene rings is 2. The third kappa shape index (κ3) is 4.24. The van der Waals surface area contributed by atoms with Crippen LogP contribution < -0.4 is 0 Å². The van der Waals surface area contributed by atoms with Gasteiger partial charge in [-0.1, -0.05) is 36.4 Å². The van der Waals surface area contributed by atoms with E-state index in [0.717, 1.165) is 50.0 Å². The molecule has 0 spiro atoms. The molecule has 3 heterocycles. The Morgan fingerprint density at radius 2 is 1.77 bits per heavy atom. The van der Waals surface area contributed by atoms with Crippen molar-refractivity contribution < 1.29 is 9.59 Å². The van der Waals surface area contributed by atoms with Crippen molar-refractivity contribution in [3.05, 3.63) is 76.9 Å². The molecule has 31 heavy (non-hydrogen) atoms. The van der Waals surface area contributed by atoms with Crippen LogP contribution in [0.15, 0.2) is 66.3 Å². The molecule has 0 bridgehead atoms. The first kappa shape index (κ1) is 19.9. The topological polar surface area (TPSA) is 56.8 Å². The van der Waals surface area contributed by atoms with Gasteiger partial charge >= 0.3 is 0 Å². The van der Waals surface area contributed by atoms with Gasteiger partial charge in [-0.15, -0.1) is 11.3 Å². The van der Waals surface area contributed by atoms with Crippen LogP contribution in [0.25, 0.3) is 10.8 Å². The van der Waals surface area contributed by atoms with Gasteiger partial charge in [0.1, 0.15) is 0 Å². The number of aromatic nitrogens is 1. The van der Waals surface area contributed by atoms with E-state index in [4.69, 9.17) is 0 Å². The first-order valence-corrected chi connectivity index (χ1v) is 11.4. The average molecular weight is 433 g/mol. The van der Waals surface area contributed by atoms with Crippen LogP contribution in [0.4, 0.5) is 0 Å². The first-order chi connectivity index (χ1) is 15.2. The predicted octanol–water partition coefficient (Wildman–Crippen LogP) is 3.13. The number of ketones is 1. The molecule has 5 rings (SSSR count). The average Bonchev–Trinajstić information content (AvgIpc) is 3.32. The number of allylic oxidation sites excluding steroid dienone is 1.